The van der Waals surface area contributed by atoms with Gasteiger partial charge in [-0.2, -0.15) is 4.98 Å². The number of ether oxygens (including phenoxy) is 1. The molecule has 1 aliphatic rings. The molecule has 21 heavy (non-hydrogen) atoms. The lowest BCUT2D eigenvalue weighted by Gasteiger charge is -2.23. The Morgan fingerprint density at radius 2 is 2.38 bits per heavy atom. The number of rotatable bonds is 6. The molecule has 7 nitrogen and oxygen atoms in total. The van der Waals surface area contributed by atoms with E-state index in [-0.39, 0.29) is 12.1 Å². The third-order valence-corrected chi connectivity index (χ3v) is 3.39. The second kappa shape index (κ2) is 7.40. The van der Waals surface area contributed by atoms with E-state index in [0.29, 0.717) is 37.4 Å². The maximum atomic E-state index is 12.2. The summed E-state index contributed by atoms with van der Waals surface area (Å²) in [6, 6.07) is -0.154. The smallest absolute Gasteiger partial charge is 0.318 e. The van der Waals surface area contributed by atoms with Gasteiger partial charge in [0.1, 0.15) is 6.61 Å². The number of hydrogen-bond acceptors (Lipinski definition) is 5. The number of aromatic nitrogens is 2. The lowest BCUT2D eigenvalue weighted by atomic mass is 10.2. The number of nitrogens with zero attached hydrogens (tertiary/aromatic N) is 3. The first kappa shape index (κ1) is 15.8. The maximum Gasteiger partial charge on any atom is 0.318 e. The van der Waals surface area contributed by atoms with Crippen LogP contribution in [0, 0.1) is 5.92 Å². The second-order valence-corrected chi connectivity index (χ2v) is 5.61. The zero-order chi connectivity index (χ0) is 15.2. The van der Waals surface area contributed by atoms with E-state index in [1.807, 2.05) is 6.92 Å². The first-order valence-corrected chi connectivity index (χ1v) is 7.56. The molecule has 0 radical (unpaired) electrons. The minimum absolute atomic E-state index is 0.0534. The highest BCUT2D eigenvalue weighted by Crippen LogP contribution is 2.30. The van der Waals surface area contributed by atoms with Crippen molar-refractivity contribution in [3.8, 4) is 0 Å². The Balaban J connectivity index is 1.97. The molecule has 1 unspecified atom stereocenters. The minimum atomic E-state index is -0.101. The molecule has 1 saturated heterocycles. The van der Waals surface area contributed by atoms with Crippen molar-refractivity contribution in [2.24, 2.45) is 5.92 Å². The van der Waals surface area contributed by atoms with Gasteiger partial charge in [-0.1, -0.05) is 19.0 Å². The van der Waals surface area contributed by atoms with E-state index in [1.54, 1.807) is 4.90 Å². The van der Waals surface area contributed by atoms with E-state index in [1.165, 1.54) is 0 Å². The SMILES string of the molecule is CCOCc1nc(C2CCCN2C(=O)NCC(C)C)no1. The Hall–Kier alpha value is -1.63. The predicted molar refractivity (Wildman–Crippen MR) is 76.5 cm³/mol. The molecule has 1 aliphatic heterocycles. The summed E-state index contributed by atoms with van der Waals surface area (Å²) in [5.41, 5.74) is 0. The molecule has 0 aromatic carbocycles. The normalized spacial score (nSPS) is 18.5. The van der Waals surface area contributed by atoms with E-state index in [9.17, 15) is 4.79 Å². The summed E-state index contributed by atoms with van der Waals surface area (Å²) in [6.07, 6.45) is 1.82. The fourth-order valence-corrected chi connectivity index (χ4v) is 2.32. The maximum absolute atomic E-state index is 12.2. The fraction of sp³-hybridized carbons (Fsp3) is 0.786. The quantitative estimate of drug-likeness (QED) is 0.869. The number of urea groups is 1. The summed E-state index contributed by atoms with van der Waals surface area (Å²) in [4.78, 5) is 18.3. The summed E-state index contributed by atoms with van der Waals surface area (Å²) < 4.78 is 10.4. The number of amides is 2. The highest BCUT2D eigenvalue weighted by molar-refractivity contribution is 5.74. The highest BCUT2D eigenvalue weighted by atomic mass is 16.5. The van der Waals surface area contributed by atoms with E-state index in [4.69, 9.17) is 9.26 Å². The fourth-order valence-electron chi connectivity index (χ4n) is 2.32. The van der Waals surface area contributed by atoms with Crippen molar-refractivity contribution in [2.45, 2.75) is 46.3 Å². The molecule has 0 bridgehead atoms. The van der Waals surface area contributed by atoms with Gasteiger partial charge in [-0.25, -0.2) is 4.79 Å². The molecule has 1 atom stereocenters. The van der Waals surface area contributed by atoms with Crippen molar-refractivity contribution in [2.75, 3.05) is 19.7 Å². The lowest BCUT2D eigenvalue weighted by Crippen LogP contribution is -2.41. The molecule has 0 aliphatic carbocycles. The molecule has 2 rings (SSSR count). The summed E-state index contributed by atoms with van der Waals surface area (Å²) >= 11 is 0. The molecule has 2 heterocycles. The number of nitrogens with one attached hydrogen (secondary N) is 1. The molecule has 2 amide bonds. The van der Waals surface area contributed by atoms with Gasteiger partial charge in [-0.3, -0.25) is 0 Å². The first-order chi connectivity index (χ1) is 10.1. The van der Waals surface area contributed by atoms with Gasteiger partial charge in [0.05, 0.1) is 6.04 Å². The number of hydrogen-bond donors (Lipinski definition) is 1. The number of likely N-dealkylation sites (tertiary alicyclic amines) is 1. The van der Waals surface area contributed by atoms with Crippen LogP contribution in [0.5, 0.6) is 0 Å². The Labute approximate surface area is 125 Å². The third kappa shape index (κ3) is 4.17. The zero-order valence-electron chi connectivity index (χ0n) is 13.0. The largest absolute Gasteiger partial charge is 0.372 e. The van der Waals surface area contributed by atoms with Gasteiger partial charge in [0.2, 0.25) is 0 Å². The van der Waals surface area contributed by atoms with Crippen LogP contribution in [-0.2, 0) is 11.3 Å². The highest BCUT2D eigenvalue weighted by Gasteiger charge is 2.33. The van der Waals surface area contributed by atoms with Crippen LogP contribution in [0.15, 0.2) is 4.52 Å². The third-order valence-electron chi connectivity index (χ3n) is 3.39. The van der Waals surface area contributed by atoms with Gasteiger partial charge in [0.25, 0.3) is 5.89 Å². The van der Waals surface area contributed by atoms with Gasteiger partial charge in [-0.05, 0) is 25.7 Å². The summed E-state index contributed by atoms with van der Waals surface area (Å²) in [5, 5.41) is 6.93. The summed E-state index contributed by atoms with van der Waals surface area (Å²) in [5.74, 6) is 1.46. The van der Waals surface area contributed by atoms with Crippen molar-refractivity contribution in [3.63, 3.8) is 0 Å². The Morgan fingerprint density at radius 1 is 1.57 bits per heavy atom. The molecule has 1 aromatic heterocycles. The van der Waals surface area contributed by atoms with Crippen molar-refractivity contribution < 1.29 is 14.1 Å². The second-order valence-electron chi connectivity index (χ2n) is 5.61. The van der Waals surface area contributed by atoms with Crippen LogP contribution in [0.3, 0.4) is 0 Å². The summed E-state index contributed by atoms with van der Waals surface area (Å²) in [6.45, 7) is 8.37. The molecule has 1 aromatic rings. The minimum Gasteiger partial charge on any atom is -0.372 e. The monoisotopic (exact) mass is 296 g/mol. The van der Waals surface area contributed by atoms with E-state index in [0.717, 1.165) is 19.4 Å². The van der Waals surface area contributed by atoms with Crippen LogP contribution in [0.1, 0.15) is 51.4 Å². The number of carbonyl (C=O) groups is 1. The van der Waals surface area contributed by atoms with E-state index in [2.05, 4.69) is 29.3 Å². The molecular weight excluding hydrogens is 272 g/mol. The van der Waals surface area contributed by atoms with Gasteiger partial charge in [0.15, 0.2) is 5.82 Å². The van der Waals surface area contributed by atoms with Gasteiger partial charge in [-0.15, -0.1) is 0 Å². The van der Waals surface area contributed by atoms with Gasteiger partial charge in [0, 0.05) is 19.7 Å². The van der Waals surface area contributed by atoms with E-state index >= 15 is 0 Å². The van der Waals surface area contributed by atoms with Crippen LogP contribution >= 0.6 is 0 Å². The average molecular weight is 296 g/mol. The molecule has 7 heteroatoms. The van der Waals surface area contributed by atoms with Crippen molar-refractivity contribution in [1.29, 1.82) is 0 Å². The Kier molecular flexibility index (Phi) is 5.55. The van der Waals surface area contributed by atoms with Crippen molar-refractivity contribution in [1.82, 2.24) is 20.4 Å². The zero-order valence-corrected chi connectivity index (χ0v) is 13.0. The molecule has 0 spiro atoms. The topological polar surface area (TPSA) is 80.5 Å². The average Bonchev–Trinajstić information content (AvgIpc) is 3.10. The van der Waals surface area contributed by atoms with Crippen molar-refractivity contribution in [3.05, 3.63) is 11.7 Å². The van der Waals surface area contributed by atoms with E-state index < -0.39 is 0 Å². The van der Waals surface area contributed by atoms with Gasteiger partial charge < -0.3 is 19.5 Å². The van der Waals surface area contributed by atoms with Crippen molar-refractivity contribution >= 4 is 6.03 Å². The molecule has 118 valence electrons. The standard InChI is InChI=1S/C14H24N4O3/c1-4-20-9-12-16-13(17-21-12)11-6-5-7-18(11)14(19)15-8-10(2)3/h10-11H,4-9H2,1-3H3,(H,15,19). The van der Waals surface area contributed by atoms with Crippen LogP contribution in [0.25, 0.3) is 0 Å². The lowest BCUT2D eigenvalue weighted by molar-refractivity contribution is 0.109. The van der Waals surface area contributed by atoms with Crippen LogP contribution < -0.4 is 5.32 Å². The molecule has 1 fully saturated rings. The molecular formula is C14H24N4O3. The molecule has 0 saturated carbocycles. The predicted octanol–water partition coefficient (Wildman–Crippen LogP) is 2.11. The molecule has 1 N–H and O–H groups in total. The van der Waals surface area contributed by atoms with Gasteiger partial charge >= 0.3 is 6.03 Å². The van der Waals surface area contributed by atoms with Crippen LogP contribution in [-0.4, -0.2) is 40.8 Å². The Morgan fingerprint density at radius 3 is 3.10 bits per heavy atom. The van der Waals surface area contributed by atoms with Crippen LogP contribution in [0.2, 0.25) is 0 Å². The Bertz CT molecular complexity index is 461. The number of carbonyl (C=O) groups excluding carboxylic acids is 1. The first-order valence-electron chi connectivity index (χ1n) is 7.56. The summed E-state index contributed by atoms with van der Waals surface area (Å²) in [7, 11) is 0. The van der Waals surface area contributed by atoms with Crippen LogP contribution in [0.4, 0.5) is 4.79 Å².